The van der Waals surface area contributed by atoms with Crippen molar-refractivity contribution in [3.05, 3.63) is 21.3 Å². The zero-order valence-electron chi connectivity index (χ0n) is 8.33. The van der Waals surface area contributed by atoms with Gasteiger partial charge in [0.2, 0.25) is 0 Å². The number of carboxylic acids is 1. The molecular formula is C10H10ClNO3S. The van der Waals surface area contributed by atoms with Crippen LogP contribution in [0.5, 0.6) is 0 Å². The Hall–Kier alpha value is -1.07. The number of carbonyl (C=O) groups excluding carboxylic acids is 1. The van der Waals surface area contributed by atoms with Crippen molar-refractivity contribution in [2.75, 3.05) is 0 Å². The molecule has 86 valence electrons. The third-order valence-electron chi connectivity index (χ3n) is 2.77. The molecule has 1 amide bonds. The third kappa shape index (κ3) is 1.92. The van der Waals surface area contributed by atoms with Gasteiger partial charge in [0.1, 0.15) is 5.54 Å². The predicted octanol–water partition coefficient (Wildman–Crippen LogP) is 2.14. The number of aliphatic carboxylic acids is 1. The maximum atomic E-state index is 11.7. The predicted molar refractivity (Wildman–Crippen MR) is 61.0 cm³/mol. The molecule has 0 atom stereocenters. The van der Waals surface area contributed by atoms with Gasteiger partial charge < -0.3 is 10.4 Å². The Labute approximate surface area is 101 Å². The number of carboxylic acid groups (broad SMARTS) is 1. The van der Waals surface area contributed by atoms with E-state index in [0.717, 1.165) is 17.8 Å². The fraction of sp³-hybridized carbons (Fsp3) is 0.400. The summed E-state index contributed by atoms with van der Waals surface area (Å²) >= 11 is 6.85. The van der Waals surface area contributed by atoms with Crippen LogP contribution in [0.15, 0.2) is 12.1 Å². The molecule has 2 N–H and O–H groups in total. The molecular weight excluding hydrogens is 250 g/mol. The van der Waals surface area contributed by atoms with Gasteiger partial charge in [-0.25, -0.2) is 4.79 Å². The van der Waals surface area contributed by atoms with Crippen molar-refractivity contribution >= 4 is 34.8 Å². The van der Waals surface area contributed by atoms with E-state index in [4.69, 9.17) is 16.7 Å². The molecule has 0 bridgehead atoms. The molecule has 6 heteroatoms. The highest BCUT2D eigenvalue weighted by Crippen LogP contribution is 2.33. The number of nitrogens with one attached hydrogen (secondary N) is 1. The van der Waals surface area contributed by atoms with Gasteiger partial charge in [0.25, 0.3) is 5.91 Å². The Balaban J connectivity index is 2.10. The van der Waals surface area contributed by atoms with E-state index in [-0.39, 0.29) is 5.91 Å². The zero-order valence-corrected chi connectivity index (χ0v) is 9.90. The van der Waals surface area contributed by atoms with Crippen LogP contribution in [-0.2, 0) is 4.79 Å². The lowest BCUT2D eigenvalue weighted by Crippen LogP contribution is -2.59. The molecule has 1 aliphatic carbocycles. The number of hydrogen-bond acceptors (Lipinski definition) is 3. The average molecular weight is 260 g/mol. The van der Waals surface area contributed by atoms with Gasteiger partial charge in [-0.3, -0.25) is 4.79 Å². The average Bonchev–Trinajstić information content (AvgIpc) is 2.57. The second-order valence-corrected chi connectivity index (χ2v) is 5.51. The molecule has 0 radical (unpaired) electrons. The monoisotopic (exact) mass is 259 g/mol. The van der Waals surface area contributed by atoms with Gasteiger partial charge >= 0.3 is 5.97 Å². The molecule has 0 spiro atoms. The van der Waals surface area contributed by atoms with Gasteiger partial charge in [-0.05, 0) is 31.4 Å². The lowest BCUT2D eigenvalue weighted by molar-refractivity contribution is -0.148. The number of amides is 1. The van der Waals surface area contributed by atoms with Crippen molar-refractivity contribution < 1.29 is 14.7 Å². The molecule has 1 aromatic rings. The fourth-order valence-electron chi connectivity index (χ4n) is 1.64. The summed E-state index contributed by atoms with van der Waals surface area (Å²) in [4.78, 5) is 23.2. The van der Waals surface area contributed by atoms with Crippen LogP contribution in [0.25, 0.3) is 0 Å². The largest absolute Gasteiger partial charge is 0.480 e. The van der Waals surface area contributed by atoms with E-state index in [0.29, 0.717) is 22.1 Å². The highest BCUT2D eigenvalue weighted by molar-refractivity contribution is 7.18. The Kier molecular flexibility index (Phi) is 2.90. The molecule has 0 unspecified atom stereocenters. The Morgan fingerprint density at radius 2 is 2.12 bits per heavy atom. The minimum absolute atomic E-state index is 0.362. The van der Waals surface area contributed by atoms with Crippen molar-refractivity contribution in [2.24, 2.45) is 0 Å². The molecule has 4 nitrogen and oxygen atoms in total. The van der Waals surface area contributed by atoms with Crippen LogP contribution in [0.1, 0.15) is 28.9 Å². The first-order chi connectivity index (χ1) is 7.53. The zero-order chi connectivity index (χ0) is 11.8. The molecule has 1 saturated carbocycles. The normalized spacial score (nSPS) is 17.6. The summed E-state index contributed by atoms with van der Waals surface area (Å²) < 4.78 is 0.517. The first-order valence-corrected chi connectivity index (χ1v) is 6.04. The van der Waals surface area contributed by atoms with Crippen molar-refractivity contribution in [1.82, 2.24) is 5.32 Å². The second-order valence-electron chi connectivity index (χ2n) is 3.80. The van der Waals surface area contributed by atoms with Crippen molar-refractivity contribution in [1.29, 1.82) is 0 Å². The summed E-state index contributed by atoms with van der Waals surface area (Å²) in [5, 5.41) is 11.6. The highest BCUT2D eigenvalue weighted by Gasteiger charge is 2.45. The molecule has 1 heterocycles. The molecule has 16 heavy (non-hydrogen) atoms. The van der Waals surface area contributed by atoms with Crippen LogP contribution >= 0.6 is 22.9 Å². The summed E-state index contributed by atoms with van der Waals surface area (Å²) in [7, 11) is 0. The fourth-order valence-corrected chi connectivity index (χ4v) is 2.58. The quantitative estimate of drug-likeness (QED) is 0.874. The summed E-state index contributed by atoms with van der Waals surface area (Å²) in [5.74, 6) is -1.33. The molecule has 0 aliphatic heterocycles. The molecule has 0 aromatic carbocycles. The number of rotatable bonds is 3. The minimum atomic E-state index is -1.06. The standard InChI is InChI=1S/C10H10ClNO3S/c11-7-3-2-6(16-7)8(13)12-10(9(14)15)4-1-5-10/h2-3H,1,4-5H2,(H,12,13)(H,14,15). The Bertz CT molecular complexity index is 439. The SMILES string of the molecule is O=C(NC1(C(=O)O)CCC1)c1ccc(Cl)s1. The van der Waals surface area contributed by atoms with Crippen molar-refractivity contribution in [3.63, 3.8) is 0 Å². The van der Waals surface area contributed by atoms with Crippen molar-refractivity contribution in [3.8, 4) is 0 Å². The smallest absolute Gasteiger partial charge is 0.329 e. The van der Waals surface area contributed by atoms with Gasteiger partial charge in [-0.2, -0.15) is 0 Å². The summed E-state index contributed by atoms with van der Waals surface area (Å²) in [5.41, 5.74) is -1.06. The number of halogens is 1. The van der Waals surface area contributed by atoms with Gasteiger partial charge in [-0.1, -0.05) is 11.6 Å². The van der Waals surface area contributed by atoms with E-state index in [1.807, 2.05) is 0 Å². The van der Waals surface area contributed by atoms with Gasteiger partial charge in [0.05, 0.1) is 9.21 Å². The molecule has 1 fully saturated rings. The van der Waals surface area contributed by atoms with E-state index < -0.39 is 11.5 Å². The summed E-state index contributed by atoms with van der Waals surface area (Å²) in [6, 6.07) is 3.21. The van der Waals surface area contributed by atoms with E-state index >= 15 is 0 Å². The number of thiophene rings is 1. The molecule has 1 aromatic heterocycles. The second kappa shape index (κ2) is 4.07. The topological polar surface area (TPSA) is 66.4 Å². The molecule has 2 rings (SSSR count). The summed E-state index contributed by atoms with van der Waals surface area (Å²) in [6.45, 7) is 0. The van der Waals surface area contributed by atoms with Gasteiger partial charge in [0.15, 0.2) is 0 Å². The van der Waals surface area contributed by atoms with E-state index in [2.05, 4.69) is 5.32 Å². The highest BCUT2D eigenvalue weighted by atomic mass is 35.5. The first-order valence-electron chi connectivity index (χ1n) is 4.85. The van der Waals surface area contributed by atoms with Gasteiger partial charge in [-0.15, -0.1) is 11.3 Å². The Morgan fingerprint density at radius 1 is 1.44 bits per heavy atom. The summed E-state index contributed by atoms with van der Waals surface area (Å²) in [6.07, 6.45) is 1.82. The van der Waals surface area contributed by atoms with E-state index in [1.54, 1.807) is 12.1 Å². The Morgan fingerprint density at radius 3 is 2.50 bits per heavy atom. The lowest BCUT2D eigenvalue weighted by atomic mass is 9.77. The van der Waals surface area contributed by atoms with Crippen LogP contribution in [0, 0.1) is 0 Å². The maximum absolute atomic E-state index is 11.7. The van der Waals surface area contributed by atoms with Gasteiger partial charge in [0, 0.05) is 0 Å². The number of carbonyl (C=O) groups is 2. The third-order valence-corrected chi connectivity index (χ3v) is 4.00. The van der Waals surface area contributed by atoms with Crippen LogP contribution in [0.4, 0.5) is 0 Å². The van der Waals surface area contributed by atoms with Crippen LogP contribution in [0.2, 0.25) is 4.34 Å². The van der Waals surface area contributed by atoms with Crippen molar-refractivity contribution in [2.45, 2.75) is 24.8 Å². The first kappa shape index (κ1) is 11.4. The van der Waals surface area contributed by atoms with E-state index in [9.17, 15) is 9.59 Å². The maximum Gasteiger partial charge on any atom is 0.329 e. The molecule has 1 aliphatic rings. The lowest BCUT2D eigenvalue weighted by Gasteiger charge is -2.38. The number of hydrogen-bond donors (Lipinski definition) is 2. The minimum Gasteiger partial charge on any atom is -0.480 e. The van der Waals surface area contributed by atoms with Crippen LogP contribution < -0.4 is 5.32 Å². The van der Waals surface area contributed by atoms with E-state index in [1.165, 1.54) is 0 Å². The van der Waals surface area contributed by atoms with Crippen LogP contribution in [0.3, 0.4) is 0 Å². The van der Waals surface area contributed by atoms with Crippen LogP contribution in [-0.4, -0.2) is 22.5 Å². The molecule has 0 saturated heterocycles.